The molecule has 1 aromatic heterocycles. The first-order valence-corrected chi connectivity index (χ1v) is 13.8. The SMILES string of the molecule is O=C(CN(Cc1ccc(Cl)c(Cl)c1)C1CC1)N(CCc1c[nH]c2ccccc12)Cc1ccc(Cl)c(Cl)c1. The fraction of sp³-hybridized carbons (Fsp3) is 0.276. The van der Waals surface area contributed by atoms with E-state index in [2.05, 4.69) is 22.0 Å². The number of halogens is 4. The number of benzene rings is 3. The van der Waals surface area contributed by atoms with Gasteiger partial charge in [-0.05, 0) is 66.3 Å². The van der Waals surface area contributed by atoms with Gasteiger partial charge in [-0.2, -0.15) is 0 Å². The lowest BCUT2D eigenvalue weighted by molar-refractivity contribution is -0.133. The number of aromatic amines is 1. The van der Waals surface area contributed by atoms with Crippen LogP contribution in [0.4, 0.5) is 0 Å². The maximum atomic E-state index is 13.7. The molecule has 0 spiro atoms. The van der Waals surface area contributed by atoms with Gasteiger partial charge in [0.25, 0.3) is 0 Å². The quantitative estimate of drug-likeness (QED) is 0.208. The minimum Gasteiger partial charge on any atom is -0.361 e. The number of hydrogen-bond acceptors (Lipinski definition) is 2. The molecule has 1 aliphatic carbocycles. The first kappa shape index (κ1) is 26.4. The molecule has 1 heterocycles. The number of nitrogens with zero attached hydrogens (tertiary/aromatic N) is 2. The Hall–Kier alpha value is -2.21. The van der Waals surface area contributed by atoms with E-state index in [1.807, 2.05) is 53.6 Å². The highest BCUT2D eigenvalue weighted by Crippen LogP contribution is 2.30. The Bertz CT molecular complexity index is 1420. The minimum atomic E-state index is 0.0814. The number of rotatable bonds is 10. The van der Waals surface area contributed by atoms with Crippen LogP contribution in [0.15, 0.2) is 66.9 Å². The molecule has 192 valence electrons. The van der Waals surface area contributed by atoms with Crippen molar-refractivity contribution >= 4 is 63.2 Å². The number of H-pyrrole nitrogens is 1. The molecular weight excluding hydrogens is 548 g/mol. The molecule has 5 rings (SSSR count). The van der Waals surface area contributed by atoms with Crippen molar-refractivity contribution in [2.45, 2.75) is 38.4 Å². The Labute approximate surface area is 237 Å². The fourth-order valence-corrected chi connectivity index (χ4v) is 5.29. The van der Waals surface area contributed by atoms with E-state index in [1.165, 1.54) is 10.9 Å². The van der Waals surface area contributed by atoms with E-state index >= 15 is 0 Å². The second-order valence-corrected chi connectivity index (χ2v) is 11.2. The molecule has 0 unspecified atom stereocenters. The maximum absolute atomic E-state index is 13.7. The van der Waals surface area contributed by atoms with Crippen molar-refractivity contribution in [2.75, 3.05) is 13.1 Å². The highest BCUT2D eigenvalue weighted by atomic mass is 35.5. The Morgan fingerprint density at radius 2 is 1.49 bits per heavy atom. The molecule has 1 N–H and O–H groups in total. The molecule has 8 heteroatoms. The second-order valence-electron chi connectivity index (χ2n) is 9.56. The molecule has 4 nitrogen and oxygen atoms in total. The van der Waals surface area contributed by atoms with Crippen molar-refractivity contribution in [1.29, 1.82) is 0 Å². The van der Waals surface area contributed by atoms with Crippen molar-refractivity contribution in [2.24, 2.45) is 0 Å². The number of hydrogen-bond donors (Lipinski definition) is 1. The third-order valence-electron chi connectivity index (χ3n) is 6.81. The van der Waals surface area contributed by atoms with E-state index in [0.717, 1.165) is 35.9 Å². The molecular formula is C29H27Cl4N3O. The van der Waals surface area contributed by atoms with Crippen LogP contribution < -0.4 is 0 Å². The summed E-state index contributed by atoms with van der Waals surface area (Å²) in [5.41, 5.74) is 4.28. The Morgan fingerprint density at radius 1 is 0.838 bits per heavy atom. The van der Waals surface area contributed by atoms with Crippen molar-refractivity contribution in [1.82, 2.24) is 14.8 Å². The number of carbonyl (C=O) groups excluding carboxylic acids is 1. The summed E-state index contributed by atoms with van der Waals surface area (Å²) in [5.74, 6) is 0.0814. The standard InChI is InChI=1S/C29H27Cl4N3O/c30-24-9-5-19(13-26(24)32)16-35(12-11-21-15-34-28-4-2-1-3-23(21)28)29(37)18-36(22-7-8-22)17-20-6-10-25(31)27(33)14-20/h1-6,9-10,13-15,22,34H,7-8,11-12,16-18H2. The molecule has 37 heavy (non-hydrogen) atoms. The number of para-hydroxylation sites is 1. The smallest absolute Gasteiger partial charge is 0.237 e. The van der Waals surface area contributed by atoms with Crippen LogP contribution in [0, 0.1) is 0 Å². The van der Waals surface area contributed by atoms with Gasteiger partial charge in [0, 0.05) is 42.8 Å². The third-order valence-corrected chi connectivity index (χ3v) is 8.29. The average Bonchev–Trinajstić information content (AvgIpc) is 3.66. The van der Waals surface area contributed by atoms with Crippen LogP contribution in [0.1, 0.15) is 29.5 Å². The summed E-state index contributed by atoms with van der Waals surface area (Å²) in [5, 5.41) is 3.24. The predicted molar refractivity (Wildman–Crippen MR) is 154 cm³/mol. The zero-order valence-electron chi connectivity index (χ0n) is 20.2. The van der Waals surface area contributed by atoms with Crippen LogP contribution in [0.5, 0.6) is 0 Å². The normalized spacial score (nSPS) is 13.4. The first-order valence-electron chi connectivity index (χ1n) is 12.3. The van der Waals surface area contributed by atoms with E-state index in [-0.39, 0.29) is 5.91 Å². The van der Waals surface area contributed by atoms with Gasteiger partial charge in [0.1, 0.15) is 0 Å². The lowest BCUT2D eigenvalue weighted by Gasteiger charge is -2.28. The summed E-state index contributed by atoms with van der Waals surface area (Å²) in [7, 11) is 0. The summed E-state index contributed by atoms with van der Waals surface area (Å²) in [6, 6.07) is 19.8. The molecule has 3 aromatic carbocycles. The van der Waals surface area contributed by atoms with Crippen LogP contribution in [0.25, 0.3) is 10.9 Å². The third kappa shape index (κ3) is 6.63. The molecule has 1 amide bonds. The van der Waals surface area contributed by atoms with Crippen molar-refractivity contribution < 1.29 is 4.79 Å². The molecule has 4 aromatic rings. The van der Waals surface area contributed by atoms with Gasteiger partial charge in [0.15, 0.2) is 0 Å². The molecule has 0 bridgehead atoms. The summed E-state index contributed by atoms with van der Waals surface area (Å²) >= 11 is 24.8. The molecule has 0 atom stereocenters. The highest BCUT2D eigenvalue weighted by molar-refractivity contribution is 6.42. The Morgan fingerprint density at radius 3 is 2.14 bits per heavy atom. The van der Waals surface area contributed by atoms with Crippen LogP contribution in [-0.4, -0.2) is 39.8 Å². The lowest BCUT2D eigenvalue weighted by atomic mass is 10.1. The topological polar surface area (TPSA) is 39.3 Å². The number of aromatic nitrogens is 1. The van der Waals surface area contributed by atoms with Gasteiger partial charge < -0.3 is 9.88 Å². The van der Waals surface area contributed by atoms with Crippen LogP contribution in [0.2, 0.25) is 20.1 Å². The largest absolute Gasteiger partial charge is 0.361 e. The lowest BCUT2D eigenvalue weighted by Crippen LogP contribution is -2.41. The van der Waals surface area contributed by atoms with E-state index in [4.69, 9.17) is 46.4 Å². The highest BCUT2D eigenvalue weighted by Gasteiger charge is 2.31. The Kier molecular flexibility index (Phi) is 8.33. The molecule has 0 aliphatic heterocycles. The fourth-order valence-electron chi connectivity index (χ4n) is 4.64. The number of amides is 1. The van der Waals surface area contributed by atoms with Crippen molar-refractivity contribution in [3.63, 3.8) is 0 Å². The zero-order valence-corrected chi connectivity index (χ0v) is 23.2. The summed E-state index contributed by atoms with van der Waals surface area (Å²) < 4.78 is 0. The Balaban J connectivity index is 1.34. The molecule has 0 saturated heterocycles. The zero-order chi connectivity index (χ0) is 25.9. The van der Waals surface area contributed by atoms with Gasteiger partial charge in [0.2, 0.25) is 5.91 Å². The van der Waals surface area contributed by atoms with Gasteiger partial charge in [-0.1, -0.05) is 76.7 Å². The molecule has 1 fully saturated rings. The maximum Gasteiger partial charge on any atom is 0.237 e. The monoisotopic (exact) mass is 573 g/mol. The minimum absolute atomic E-state index is 0.0814. The summed E-state index contributed by atoms with van der Waals surface area (Å²) in [6.45, 7) is 2.03. The molecule has 1 aliphatic rings. The van der Waals surface area contributed by atoms with Gasteiger partial charge in [-0.15, -0.1) is 0 Å². The number of carbonyl (C=O) groups is 1. The molecule has 0 radical (unpaired) electrons. The first-order chi connectivity index (χ1) is 17.9. The van der Waals surface area contributed by atoms with Crippen LogP contribution in [0.3, 0.4) is 0 Å². The number of nitrogens with one attached hydrogen (secondary N) is 1. The van der Waals surface area contributed by atoms with Gasteiger partial charge in [-0.3, -0.25) is 9.69 Å². The van der Waals surface area contributed by atoms with Gasteiger partial charge in [0.05, 0.1) is 26.6 Å². The predicted octanol–water partition coefficient (Wildman–Crippen LogP) is 8.02. The van der Waals surface area contributed by atoms with Gasteiger partial charge >= 0.3 is 0 Å². The van der Waals surface area contributed by atoms with Crippen LogP contribution in [-0.2, 0) is 24.3 Å². The van der Waals surface area contributed by atoms with E-state index in [0.29, 0.717) is 52.3 Å². The van der Waals surface area contributed by atoms with Gasteiger partial charge in [-0.25, -0.2) is 0 Å². The van der Waals surface area contributed by atoms with Crippen LogP contribution >= 0.6 is 46.4 Å². The number of fused-ring (bicyclic) bond motifs is 1. The summed E-state index contributed by atoms with van der Waals surface area (Å²) in [4.78, 5) is 21.2. The second kappa shape index (κ2) is 11.7. The van der Waals surface area contributed by atoms with E-state index in [9.17, 15) is 4.79 Å². The van der Waals surface area contributed by atoms with E-state index in [1.54, 1.807) is 6.07 Å². The van der Waals surface area contributed by atoms with Crippen molar-refractivity contribution in [3.05, 3.63) is 104 Å². The van der Waals surface area contributed by atoms with E-state index < -0.39 is 0 Å². The average molecular weight is 575 g/mol. The van der Waals surface area contributed by atoms with Crippen molar-refractivity contribution in [3.8, 4) is 0 Å². The molecule has 1 saturated carbocycles. The summed E-state index contributed by atoms with van der Waals surface area (Å²) in [6.07, 6.45) is 4.97.